The predicted octanol–water partition coefficient (Wildman–Crippen LogP) is 3.14. The first-order valence-corrected chi connectivity index (χ1v) is 9.05. The van der Waals surface area contributed by atoms with Crippen LogP contribution in [0.4, 0.5) is 0 Å². The number of fused-ring (bicyclic) bond motifs is 5. The number of Topliss-reactive ketones (excluding diaryl/α,β-unsaturated/α-hetero) is 2. The summed E-state index contributed by atoms with van der Waals surface area (Å²) in [5.74, 6) is 2.27. The van der Waals surface area contributed by atoms with Crippen LogP contribution in [-0.4, -0.2) is 22.8 Å². The molecule has 0 aromatic carbocycles. The number of hydrogen-bond acceptors (Lipinski definition) is 3. The zero-order valence-corrected chi connectivity index (χ0v) is 13.8. The Kier molecular flexibility index (Phi) is 3.15. The fourth-order valence-electron chi connectivity index (χ4n) is 6.88. The lowest BCUT2D eigenvalue weighted by Crippen LogP contribution is -2.57. The highest BCUT2D eigenvalue weighted by Gasteiger charge is 2.61. The molecule has 122 valence electrons. The van der Waals surface area contributed by atoms with E-state index >= 15 is 0 Å². The summed E-state index contributed by atoms with van der Waals surface area (Å²) in [6.07, 6.45) is 6.45. The molecule has 4 saturated carbocycles. The summed E-state index contributed by atoms with van der Waals surface area (Å²) < 4.78 is 0. The van der Waals surface area contributed by atoms with Crippen molar-refractivity contribution in [1.29, 1.82) is 0 Å². The van der Waals surface area contributed by atoms with Gasteiger partial charge in [-0.3, -0.25) is 9.59 Å². The molecule has 22 heavy (non-hydrogen) atoms. The molecule has 0 saturated heterocycles. The van der Waals surface area contributed by atoms with Gasteiger partial charge in [-0.05, 0) is 60.2 Å². The van der Waals surface area contributed by atoms with Crippen LogP contribution in [0.25, 0.3) is 0 Å². The molecule has 0 amide bonds. The number of hydrogen-bond donors (Lipinski definition) is 1. The Morgan fingerprint density at radius 1 is 1.05 bits per heavy atom. The van der Waals surface area contributed by atoms with Crippen molar-refractivity contribution in [2.24, 2.45) is 34.5 Å². The second-order valence-electron chi connectivity index (χ2n) is 9.16. The number of aliphatic hydroxyl groups excluding tert-OH is 1. The average Bonchev–Trinajstić information content (AvgIpc) is 2.74. The minimum absolute atomic E-state index is 0.0617. The van der Waals surface area contributed by atoms with Gasteiger partial charge < -0.3 is 5.11 Å². The summed E-state index contributed by atoms with van der Waals surface area (Å²) in [4.78, 5) is 24.2. The molecule has 4 aliphatic carbocycles. The second kappa shape index (κ2) is 4.66. The SMILES string of the molecule is CC12CCC3C(C(O)CC4CCC(=O)CC43C)C1CC(=O)C2. The predicted molar refractivity (Wildman–Crippen MR) is 83.1 cm³/mol. The Morgan fingerprint density at radius 2 is 1.82 bits per heavy atom. The van der Waals surface area contributed by atoms with Crippen LogP contribution in [0.15, 0.2) is 0 Å². The van der Waals surface area contributed by atoms with Gasteiger partial charge in [0, 0.05) is 25.7 Å². The van der Waals surface area contributed by atoms with Gasteiger partial charge in [-0.25, -0.2) is 0 Å². The molecule has 0 heterocycles. The van der Waals surface area contributed by atoms with E-state index in [1.165, 1.54) is 0 Å². The van der Waals surface area contributed by atoms with E-state index in [1.54, 1.807) is 0 Å². The summed E-state index contributed by atoms with van der Waals surface area (Å²) >= 11 is 0. The van der Waals surface area contributed by atoms with Gasteiger partial charge in [0.15, 0.2) is 0 Å². The van der Waals surface area contributed by atoms with E-state index in [0.717, 1.165) is 25.7 Å². The normalized spacial score (nSPS) is 54.6. The largest absolute Gasteiger partial charge is 0.393 e. The minimum atomic E-state index is -0.271. The van der Waals surface area contributed by atoms with Gasteiger partial charge in [0.05, 0.1) is 6.10 Å². The third kappa shape index (κ3) is 1.90. The van der Waals surface area contributed by atoms with Crippen molar-refractivity contribution < 1.29 is 14.7 Å². The van der Waals surface area contributed by atoms with Crippen molar-refractivity contribution in [1.82, 2.24) is 0 Å². The van der Waals surface area contributed by atoms with Crippen LogP contribution in [0.3, 0.4) is 0 Å². The second-order valence-corrected chi connectivity index (χ2v) is 9.16. The van der Waals surface area contributed by atoms with Crippen molar-refractivity contribution in [2.45, 2.75) is 71.3 Å². The van der Waals surface area contributed by atoms with Crippen molar-refractivity contribution in [3.63, 3.8) is 0 Å². The lowest BCUT2D eigenvalue weighted by molar-refractivity contribution is -0.164. The molecule has 4 rings (SSSR count). The Morgan fingerprint density at radius 3 is 2.59 bits per heavy atom. The van der Waals surface area contributed by atoms with E-state index in [-0.39, 0.29) is 22.9 Å². The van der Waals surface area contributed by atoms with E-state index in [2.05, 4.69) is 13.8 Å². The molecule has 0 aliphatic heterocycles. The molecule has 0 bridgehead atoms. The van der Waals surface area contributed by atoms with Crippen molar-refractivity contribution in [2.75, 3.05) is 0 Å². The Hall–Kier alpha value is -0.700. The van der Waals surface area contributed by atoms with Gasteiger partial charge in [-0.15, -0.1) is 0 Å². The van der Waals surface area contributed by atoms with Crippen LogP contribution >= 0.6 is 0 Å². The maximum Gasteiger partial charge on any atom is 0.133 e. The van der Waals surface area contributed by atoms with Gasteiger partial charge in [0.2, 0.25) is 0 Å². The minimum Gasteiger partial charge on any atom is -0.393 e. The van der Waals surface area contributed by atoms with Crippen LogP contribution < -0.4 is 0 Å². The molecule has 1 N–H and O–H groups in total. The zero-order chi connectivity index (χ0) is 15.7. The molecule has 7 atom stereocenters. The van der Waals surface area contributed by atoms with Gasteiger partial charge >= 0.3 is 0 Å². The van der Waals surface area contributed by atoms with E-state index in [0.29, 0.717) is 55.0 Å². The number of carbonyl (C=O) groups excluding carboxylic acids is 2. The number of carbonyl (C=O) groups is 2. The van der Waals surface area contributed by atoms with Crippen LogP contribution in [0.5, 0.6) is 0 Å². The fraction of sp³-hybridized carbons (Fsp3) is 0.895. The summed E-state index contributed by atoms with van der Waals surface area (Å²) in [6, 6.07) is 0. The molecule has 7 unspecified atom stereocenters. The molecule has 3 nitrogen and oxygen atoms in total. The molecule has 0 aromatic heterocycles. The van der Waals surface area contributed by atoms with Gasteiger partial charge in [-0.1, -0.05) is 13.8 Å². The Balaban J connectivity index is 1.71. The van der Waals surface area contributed by atoms with Crippen LogP contribution in [0.1, 0.15) is 65.2 Å². The first-order chi connectivity index (χ1) is 10.3. The summed E-state index contributed by atoms with van der Waals surface area (Å²) in [7, 11) is 0. The molecule has 3 heteroatoms. The van der Waals surface area contributed by atoms with Crippen LogP contribution in [-0.2, 0) is 9.59 Å². The number of aliphatic hydroxyl groups is 1. The number of rotatable bonds is 0. The lowest BCUT2D eigenvalue weighted by atomic mass is 9.44. The molecule has 0 spiro atoms. The maximum atomic E-state index is 12.1. The maximum absolute atomic E-state index is 12.1. The highest BCUT2D eigenvalue weighted by molar-refractivity contribution is 5.82. The van der Waals surface area contributed by atoms with Crippen LogP contribution in [0, 0.1) is 34.5 Å². The van der Waals surface area contributed by atoms with E-state index < -0.39 is 0 Å². The molecule has 0 radical (unpaired) electrons. The topological polar surface area (TPSA) is 54.4 Å². The summed E-state index contributed by atoms with van der Waals surface area (Å²) in [5, 5.41) is 10.9. The first-order valence-electron chi connectivity index (χ1n) is 9.05. The van der Waals surface area contributed by atoms with Crippen LogP contribution in [0.2, 0.25) is 0 Å². The summed E-state index contributed by atoms with van der Waals surface area (Å²) in [5.41, 5.74) is 0.160. The molecular formula is C19H28O3. The third-order valence-electron chi connectivity index (χ3n) is 8.00. The van der Waals surface area contributed by atoms with E-state index in [1.807, 2.05) is 0 Å². The summed E-state index contributed by atoms with van der Waals surface area (Å²) in [6.45, 7) is 4.56. The number of ketones is 2. The highest BCUT2D eigenvalue weighted by atomic mass is 16.3. The molecule has 0 aromatic rings. The standard InChI is InChI=1S/C19H28O3/c1-18-6-5-14-17(15(18)8-13(21)9-18)16(22)7-11-3-4-12(20)10-19(11,14)2/h11,14-17,22H,3-10H2,1-2H3. The smallest absolute Gasteiger partial charge is 0.133 e. The van der Waals surface area contributed by atoms with E-state index in [9.17, 15) is 14.7 Å². The van der Waals surface area contributed by atoms with Crippen molar-refractivity contribution >= 4 is 11.6 Å². The van der Waals surface area contributed by atoms with Gasteiger partial charge in [0.1, 0.15) is 11.6 Å². The fourth-order valence-corrected chi connectivity index (χ4v) is 6.88. The van der Waals surface area contributed by atoms with Crippen molar-refractivity contribution in [3.8, 4) is 0 Å². The van der Waals surface area contributed by atoms with Gasteiger partial charge in [-0.2, -0.15) is 0 Å². The first kappa shape index (κ1) is 14.9. The highest BCUT2D eigenvalue weighted by Crippen LogP contribution is 2.65. The third-order valence-corrected chi connectivity index (χ3v) is 8.00. The lowest BCUT2D eigenvalue weighted by Gasteiger charge is -2.60. The monoisotopic (exact) mass is 304 g/mol. The average molecular weight is 304 g/mol. The Bertz CT molecular complexity index is 527. The van der Waals surface area contributed by atoms with Gasteiger partial charge in [0.25, 0.3) is 0 Å². The Labute approximate surface area is 132 Å². The van der Waals surface area contributed by atoms with E-state index in [4.69, 9.17) is 0 Å². The van der Waals surface area contributed by atoms with Crippen molar-refractivity contribution in [3.05, 3.63) is 0 Å². The molecule has 4 fully saturated rings. The zero-order valence-electron chi connectivity index (χ0n) is 13.8. The molecular weight excluding hydrogens is 276 g/mol. The quantitative estimate of drug-likeness (QED) is 0.748. The molecule has 4 aliphatic rings.